The van der Waals surface area contributed by atoms with E-state index in [2.05, 4.69) is 10.3 Å². The van der Waals surface area contributed by atoms with Gasteiger partial charge in [0.25, 0.3) is 5.56 Å². The zero-order valence-corrected chi connectivity index (χ0v) is 14.6. The van der Waals surface area contributed by atoms with Gasteiger partial charge in [0.05, 0.1) is 23.3 Å². The van der Waals surface area contributed by atoms with Gasteiger partial charge >= 0.3 is 0 Å². The molecule has 1 amide bonds. The summed E-state index contributed by atoms with van der Waals surface area (Å²) in [6, 6.07) is 7.52. The Labute approximate surface area is 144 Å². The monoisotopic (exact) mass is 347 g/mol. The Hall–Kier alpha value is -1.86. The Morgan fingerprint density at radius 3 is 2.92 bits per heavy atom. The van der Waals surface area contributed by atoms with Gasteiger partial charge in [-0.15, -0.1) is 0 Å². The Morgan fingerprint density at radius 1 is 1.46 bits per heavy atom. The van der Waals surface area contributed by atoms with Crippen molar-refractivity contribution in [2.45, 2.75) is 37.0 Å². The van der Waals surface area contributed by atoms with Crippen LogP contribution in [0.15, 0.2) is 34.2 Å². The molecule has 0 aliphatic heterocycles. The predicted molar refractivity (Wildman–Crippen MR) is 94.5 cm³/mol. The molecule has 1 aliphatic rings. The zero-order valence-electron chi connectivity index (χ0n) is 13.8. The number of benzene rings is 1. The van der Waals surface area contributed by atoms with Crippen LogP contribution >= 0.6 is 11.8 Å². The number of carbonyl (C=O) groups excluding carboxylic acids is 1. The van der Waals surface area contributed by atoms with E-state index in [1.807, 2.05) is 25.1 Å². The van der Waals surface area contributed by atoms with Gasteiger partial charge in [0.15, 0.2) is 5.16 Å². The number of fused-ring (bicyclic) bond motifs is 1. The van der Waals surface area contributed by atoms with Crippen LogP contribution in [0.4, 0.5) is 0 Å². The van der Waals surface area contributed by atoms with E-state index in [1.54, 1.807) is 17.7 Å². The van der Waals surface area contributed by atoms with E-state index in [1.165, 1.54) is 11.8 Å². The molecule has 0 spiro atoms. The van der Waals surface area contributed by atoms with Gasteiger partial charge in [0.1, 0.15) is 0 Å². The van der Waals surface area contributed by atoms with Crippen LogP contribution in [0, 0.1) is 0 Å². The molecule has 0 bridgehead atoms. The van der Waals surface area contributed by atoms with Crippen molar-refractivity contribution in [3.8, 4) is 0 Å². The van der Waals surface area contributed by atoms with E-state index in [0.717, 1.165) is 12.8 Å². The molecule has 2 aromatic rings. The number of amides is 1. The second-order valence-corrected chi connectivity index (χ2v) is 6.97. The fraction of sp³-hybridized carbons (Fsp3) is 0.471. The number of nitrogens with one attached hydrogen (secondary N) is 1. The fourth-order valence-corrected chi connectivity index (χ4v) is 3.50. The summed E-state index contributed by atoms with van der Waals surface area (Å²) < 4.78 is 6.76. The molecule has 1 saturated carbocycles. The lowest BCUT2D eigenvalue weighted by atomic mass is 10.2. The van der Waals surface area contributed by atoms with Gasteiger partial charge in [-0.3, -0.25) is 14.2 Å². The summed E-state index contributed by atoms with van der Waals surface area (Å²) in [6.45, 7) is 2.36. The minimum Gasteiger partial charge on any atom is -0.383 e. The lowest BCUT2D eigenvalue weighted by molar-refractivity contribution is -0.119. The molecule has 1 aromatic carbocycles. The van der Waals surface area contributed by atoms with E-state index in [-0.39, 0.29) is 29.3 Å². The number of nitrogens with zero attached hydrogens (tertiary/aromatic N) is 2. The number of para-hydroxylation sites is 1. The third kappa shape index (κ3) is 3.79. The Kier molecular flexibility index (Phi) is 5.20. The van der Waals surface area contributed by atoms with Crippen molar-refractivity contribution in [2.24, 2.45) is 0 Å². The second kappa shape index (κ2) is 7.36. The third-order valence-electron chi connectivity index (χ3n) is 3.84. The SMILES string of the molecule is COCC(C)NC(=O)CSc1nc2ccccc2c(=O)n1C1CC1. The van der Waals surface area contributed by atoms with Crippen molar-refractivity contribution in [1.29, 1.82) is 0 Å². The average molecular weight is 347 g/mol. The molecule has 24 heavy (non-hydrogen) atoms. The number of thioether (sulfide) groups is 1. The van der Waals surface area contributed by atoms with Crippen LogP contribution in [-0.4, -0.2) is 41.0 Å². The van der Waals surface area contributed by atoms with Crippen LogP contribution in [0.25, 0.3) is 10.9 Å². The van der Waals surface area contributed by atoms with E-state index in [4.69, 9.17) is 4.74 Å². The Bertz CT molecular complexity index is 801. The molecule has 1 heterocycles. The molecule has 1 aliphatic carbocycles. The normalized spacial score (nSPS) is 15.4. The molecule has 6 nitrogen and oxygen atoms in total. The molecular formula is C17H21N3O3S. The highest BCUT2D eigenvalue weighted by atomic mass is 32.2. The van der Waals surface area contributed by atoms with Gasteiger partial charge in [0, 0.05) is 19.2 Å². The maximum Gasteiger partial charge on any atom is 0.262 e. The van der Waals surface area contributed by atoms with Crippen molar-refractivity contribution in [2.75, 3.05) is 19.5 Å². The van der Waals surface area contributed by atoms with Crippen molar-refractivity contribution >= 4 is 28.6 Å². The third-order valence-corrected chi connectivity index (χ3v) is 4.80. The maximum absolute atomic E-state index is 12.7. The van der Waals surface area contributed by atoms with Crippen LogP contribution in [0.5, 0.6) is 0 Å². The quantitative estimate of drug-likeness (QED) is 0.612. The molecule has 3 rings (SSSR count). The molecule has 7 heteroatoms. The molecule has 1 aromatic heterocycles. The number of carbonyl (C=O) groups is 1. The smallest absolute Gasteiger partial charge is 0.262 e. The lowest BCUT2D eigenvalue weighted by Gasteiger charge is -2.14. The fourth-order valence-electron chi connectivity index (χ4n) is 2.62. The van der Waals surface area contributed by atoms with Crippen LogP contribution in [0.1, 0.15) is 25.8 Å². The minimum atomic E-state index is -0.0886. The van der Waals surface area contributed by atoms with E-state index >= 15 is 0 Å². The number of methoxy groups -OCH3 is 1. The summed E-state index contributed by atoms with van der Waals surface area (Å²) in [5.41, 5.74) is 0.661. The predicted octanol–water partition coefficient (Wildman–Crippen LogP) is 1.97. The summed E-state index contributed by atoms with van der Waals surface area (Å²) in [5, 5.41) is 4.12. The first-order valence-corrected chi connectivity index (χ1v) is 9.01. The first-order valence-electron chi connectivity index (χ1n) is 8.02. The van der Waals surface area contributed by atoms with Gasteiger partial charge in [-0.2, -0.15) is 0 Å². The van der Waals surface area contributed by atoms with Gasteiger partial charge in [0.2, 0.25) is 5.91 Å². The van der Waals surface area contributed by atoms with E-state index in [9.17, 15) is 9.59 Å². The van der Waals surface area contributed by atoms with Gasteiger partial charge in [-0.05, 0) is 31.9 Å². The summed E-state index contributed by atoms with van der Waals surface area (Å²) in [7, 11) is 1.60. The maximum atomic E-state index is 12.7. The first kappa shape index (κ1) is 17.0. The highest BCUT2D eigenvalue weighted by Gasteiger charge is 2.28. The second-order valence-electron chi connectivity index (χ2n) is 6.03. The van der Waals surface area contributed by atoms with E-state index in [0.29, 0.717) is 22.7 Å². The van der Waals surface area contributed by atoms with E-state index < -0.39 is 0 Å². The van der Waals surface area contributed by atoms with Gasteiger partial charge in [-0.25, -0.2) is 4.98 Å². The number of hydrogen-bond acceptors (Lipinski definition) is 5. The highest BCUT2D eigenvalue weighted by molar-refractivity contribution is 7.99. The number of aromatic nitrogens is 2. The molecule has 1 atom stereocenters. The van der Waals surface area contributed by atoms with Crippen molar-refractivity contribution in [3.63, 3.8) is 0 Å². The average Bonchev–Trinajstić information content (AvgIpc) is 3.38. The van der Waals surface area contributed by atoms with Crippen LogP contribution in [-0.2, 0) is 9.53 Å². The van der Waals surface area contributed by atoms with Crippen LogP contribution in [0.3, 0.4) is 0 Å². The number of rotatable bonds is 7. The Morgan fingerprint density at radius 2 is 2.21 bits per heavy atom. The lowest BCUT2D eigenvalue weighted by Crippen LogP contribution is -2.36. The van der Waals surface area contributed by atoms with Gasteiger partial charge in [-0.1, -0.05) is 23.9 Å². The molecule has 1 fully saturated rings. The summed E-state index contributed by atoms with van der Waals surface area (Å²) in [5.74, 6) is 0.139. The highest BCUT2D eigenvalue weighted by Crippen LogP contribution is 2.36. The number of hydrogen-bond donors (Lipinski definition) is 1. The van der Waals surface area contributed by atoms with Crippen LogP contribution in [0.2, 0.25) is 0 Å². The Balaban J connectivity index is 1.80. The molecule has 0 radical (unpaired) electrons. The van der Waals surface area contributed by atoms with Crippen molar-refractivity contribution < 1.29 is 9.53 Å². The van der Waals surface area contributed by atoms with Crippen LogP contribution < -0.4 is 10.9 Å². The summed E-state index contributed by atoms with van der Waals surface area (Å²) in [6.07, 6.45) is 1.98. The number of ether oxygens (including phenoxy) is 1. The molecule has 1 N–H and O–H groups in total. The minimum absolute atomic E-state index is 0.0150. The van der Waals surface area contributed by atoms with Crippen molar-refractivity contribution in [3.05, 3.63) is 34.6 Å². The molecular weight excluding hydrogens is 326 g/mol. The zero-order chi connectivity index (χ0) is 17.1. The topological polar surface area (TPSA) is 73.2 Å². The van der Waals surface area contributed by atoms with Crippen molar-refractivity contribution in [1.82, 2.24) is 14.9 Å². The molecule has 128 valence electrons. The largest absolute Gasteiger partial charge is 0.383 e. The van der Waals surface area contributed by atoms with Gasteiger partial charge < -0.3 is 10.1 Å². The molecule has 1 unspecified atom stereocenters. The molecule has 0 saturated heterocycles. The summed E-state index contributed by atoms with van der Waals surface area (Å²) >= 11 is 1.31. The summed E-state index contributed by atoms with van der Waals surface area (Å²) in [4.78, 5) is 29.4. The standard InChI is InChI=1S/C17H21N3O3S/c1-11(9-23-2)18-15(21)10-24-17-19-14-6-4-3-5-13(14)16(22)20(17)12-7-8-12/h3-6,11-12H,7-10H2,1-2H3,(H,18,21). The first-order chi connectivity index (χ1) is 11.6.